The van der Waals surface area contributed by atoms with Crippen LogP contribution in [0.4, 0.5) is 4.79 Å². The van der Waals surface area contributed by atoms with E-state index in [1.807, 2.05) is 0 Å². The van der Waals surface area contributed by atoms with Gasteiger partial charge in [-0.05, 0) is 23.2 Å². The second-order valence-corrected chi connectivity index (χ2v) is 2.80. The van der Waals surface area contributed by atoms with Crippen molar-refractivity contribution in [2.45, 2.75) is 0 Å². The highest BCUT2D eigenvalue weighted by Crippen LogP contribution is 2.00. The summed E-state index contributed by atoms with van der Waals surface area (Å²) in [6.07, 6.45) is 4.85. The number of H-pyrrole nitrogens is 1. The first-order valence-corrected chi connectivity index (χ1v) is 3.90. The van der Waals surface area contributed by atoms with E-state index < -0.39 is 4.70 Å². The number of hydrogen-bond acceptors (Lipinski definition) is 4. The topological polar surface area (TPSA) is 71.5 Å². The predicted octanol–water partition coefficient (Wildman–Crippen LogP) is 1.94. The Bertz CT molecular complexity index is 368. The molecule has 0 radical (unpaired) electrons. The monoisotopic (exact) mass is 218 g/mol. The number of fused-ring (bicyclic) bond motifs is 1. The maximum atomic E-state index is 8.98. The van der Waals surface area contributed by atoms with Crippen molar-refractivity contribution in [3.8, 4) is 0 Å². The van der Waals surface area contributed by atoms with Crippen molar-refractivity contribution in [1.82, 2.24) is 20.2 Å². The molecule has 0 spiro atoms. The molecule has 0 atom stereocenters. The van der Waals surface area contributed by atoms with Crippen molar-refractivity contribution in [1.29, 1.82) is 0 Å². The van der Waals surface area contributed by atoms with E-state index in [1.165, 1.54) is 6.33 Å². The van der Waals surface area contributed by atoms with E-state index in [0.717, 1.165) is 11.0 Å². The molecule has 2 rings (SSSR count). The first-order chi connectivity index (χ1) is 6.20. The Kier molecular flexibility index (Phi) is 3.60. The molecule has 13 heavy (non-hydrogen) atoms. The van der Waals surface area contributed by atoms with Crippen molar-refractivity contribution in [2.24, 2.45) is 0 Å². The maximum Gasteiger partial charge on any atom is 0.313 e. The molecule has 0 aliphatic rings. The van der Waals surface area contributed by atoms with Crippen molar-refractivity contribution in [2.75, 3.05) is 0 Å². The lowest BCUT2D eigenvalue weighted by Gasteiger charge is -1.80. The molecule has 5 nitrogen and oxygen atoms in total. The number of rotatable bonds is 0. The molecular weight excluding hydrogens is 215 g/mol. The van der Waals surface area contributed by atoms with Gasteiger partial charge < -0.3 is 0 Å². The fourth-order valence-corrected chi connectivity index (χ4v) is 0.691. The van der Waals surface area contributed by atoms with Crippen LogP contribution < -0.4 is 0 Å². The average Bonchev–Trinajstić information content (AvgIpc) is 2.49. The number of aromatic nitrogens is 4. The van der Waals surface area contributed by atoms with Crippen molar-refractivity contribution in [3.05, 3.63) is 18.7 Å². The van der Waals surface area contributed by atoms with Gasteiger partial charge in [0.1, 0.15) is 17.4 Å². The lowest BCUT2D eigenvalue weighted by Crippen LogP contribution is -1.74. The fraction of sp³-hybridized carbons (Fsp3) is 0. The van der Waals surface area contributed by atoms with E-state index in [4.69, 9.17) is 4.79 Å². The molecule has 0 bridgehead atoms. The second kappa shape index (κ2) is 4.74. The van der Waals surface area contributed by atoms with Gasteiger partial charge in [-0.15, -0.1) is 0 Å². The van der Waals surface area contributed by atoms with Gasteiger partial charge in [-0.3, -0.25) is 9.89 Å². The molecule has 0 aromatic carbocycles. The van der Waals surface area contributed by atoms with Gasteiger partial charge in [0.05, 0.1) is 12.4 Å². The summed E-state index contributed by atoms with van der Waals surface area (Å²) in [7, 11) is 0. The molecule has 0 fully saturated rings. The number of aromatic amines is 1. The Balaban J connectivity index is 0.000000184. The van der Waals surface area contributed by atoms with E-state index in [1.54, 1.807) is 12.4 Å². The van der Waals surface area contributed by atoms with Gasteiger partial charge in [-0.1, -0.05) is 0 Å². The Morgan fingerprint density at radius 2 is 2.08 bits per heavy atom. The predicted molar refractivity (Wildman–Crippen MR) is 48.8 cm³/mol. The van der Waals surface area contributed by atoms with Crippen LogP contribution in [0.1, 0.15) is 0 Å². The highest BCUT2D eigenvalue weighted by Gasteiger charge is 1.90. The molecule has 2 aromatic heterocycles. The summed E-state index contributed by atoms with van der Waals surface area (Å²) >= 11 is 8.80. The molecule has 0 saturated carbocycles. The molecule has 2 heterocycles. The third-order valence-corrected chi connectivity index (χ3v) is 1.11. The van der Waals surface area contributed by atoms with E-state index in [2.05, 4.69) is 43.4 Å². The van der Waals surface area contributed by atoms with Crippen LogP contribution >= 0.6 is 23.2 Å². The van der Waals surface area contributed by atoms with Crippen LogP contribution in [-0.4, -0.2) is 24.9 Å². The molecular formula is C6H4Cl2N4O. The Morgan fingerprint density at radius 1 is 1.38 bits per heavy atom. The Morgan fingerprint density at radius 3 is 2.69 bits per heavy atom. The smallest absolute Gasteiger partial charge is 0.275 e. The number of nitrogens with one attached hydrogen (secondary N) is 1. The minimum Gasteiger partial charge on any atom is -0.275 e. The molecule has 0 saturated heterocycles. The quantitative estimate of drug-likeness (QED) is 0.687. The van der Waals surface area contributed by atoms with Crippen LogP contribution in [0.15, 0.2) is 18.7 Å². The average molecular weight is 219 g/mol. The number of hydrogen-bond donors (Lipinski definition) is 1. The third-order valence-electron chi connectivity index (χ3n) is 1.11. The summed E-state index contributed by atoms with van der Waals surface area (Å²) < 4.78 is -0.889. The largest absolute Gasteiger partial charge is 0.313 e. The lowest BCUT2D eigenvalue weighted by molar-refractivity contribution is 0.275. The molecule has 0 aliphatic heterocycles. The number of halogens is 2. The van der Waals surface area contributed by atoms with E-state index >= 15 is 0 Å². The summed E-state index contributed by atoms with van der Waals surface area (Å²) in [5.74, 6) is 0. The lowest BCUT2D eigenvalue weighted by atomic mass is 10.5. The zero-order valence-corrected chi connectivity index (χ0v) is 7.75. The highest BCUT2D eigenvalue weighted by atomic mass is 35.5. The zero-order chi connectivity index (χ0) is 9.68. The van der Waals surface area contributed by atoms with Crippen LogP contribution in [0.2, 0.25) is 0 Å². The number of nitrogens with zero attached hydrogens (tertiary/aromatic N) is 3. The van der Waals surface area contributed by atoms with Crippen LogP contribution in [-0.2, 0) is 0 Å². The summed E-state index contributed by atoms with van der Waals surface area (Å²) in [6, 6.07) is 0. The summed E-state index contributed by atoms with van der Waals surface area (Å²) in [4.78, 5) is 16.7. The normalized spacial score (nSPS) is 9.08. The van der Waals surface area contributed by atoms with Gasteiger partial charge in [0.15, 0.2) is 0 Å². The SMILES string of the molecule is O=C(Cl)Cl.c1ncc2[nH]ncc2n1. The van der Waals surface area contributed by atoms with Crippen LogP contribution in [0.3, 0.4) is 0 Å². The standard InChI is InChI=1S/C5H4N4.CCl2O/c1-5-4(2-8-9-5)7-3-6-1;2-1(3)4/h1-3H,(H,8,9);. The van der Waals surface area contributed by atoms with Crippen molar-refractivity contribution in [3.63, 3.8) is 0 Å². The molecule has 1 N–H and O–H groups in total. The minimum atomic E-state index is -0.889. The van der Waals surface area contributed by atoms with E-state index in [0.29, 0.717) is 0 Å². The molecule has 0 amide bonds. The summed E-state index contributed by atoms with van der Waals surface area (Å²) in [6.45, 7) is 0. The molecule has 0 aliphatic carbocycles. The maximum absolute atomic E-state index is 8.98. The van der Waals surface area contributed by atoms with Gasteiger partial charge >= 0.3 is 4.70 Å². The van der Waals surface area contributed by atoms with Gasteiger partial charge in [-0.2, -0.15) is 5.10 Å². The molecule has 0 unspecified atom stereocenters. The molecule has 7 heteroatoms. The van der Waals surface area contributed by atoms with Crippen molar-refractivity contribution >= 4 is 38.9 Å². The summed E-state index contributed by atoms with van der Waals surface area (Å²) in [5, 5.41) is 6.52. The van der Waals surface area contributed by atoms with E-state index in [-0.39, 0.29) is 0 Å². The zero-order valence-electron chi connectivity index (χ0n) is 6.24. The number of carbonyl (C=O) groups is 1. The molecule has 2 aromatic rings. The molecule has 68 valence electrons. The highest BCUT2D eigenvalue weighted by molar-refractivity contribution is 6.93. The van der Waals surface area contributed by atoms with Crippen molar-refractivity contribution < 1.29 is 4.79 Å². The third kappa shape index (κ3) is 3.35. The first kappa shape index (κ1) is 9.88. The number of carbonyl (C=O) groups excluding carboxylic acids is 1. The first-order valence-electron chi connectivity index (χ1n) is 3.14. The van der Waals surface area contributed by atoms with E-state index in [9.17, 15) is 0 Å². The second-order valence-electron chi connectivity index (χ2n) is 1.92. The van der Waals surface area contributed by atoms with Gasteiger partial charge in [0.2, 0.25) is 0 Å². The van der Waals surface area contributed by atoms with Crippen LogP contribution in [0, 0.1) is 0 Å². The minimum absolute atomic E-state index is 0.852. The van der Waals surface area contributed by atoms with Gasteiger partial charge in [-0.25, -0.2) is 9.97 Å². The Labute approximate surface area is 83.1 Å². The van der Waals surface area contributed by atoms with Gasteiger partial charge in [0.25, 0.3) is 0 Å². The summed E-state index contributed by atoms with van der Waals surface area (Å²) in [5.41, 5.74) is 1.72. The van der Waals surface area contributed by atoms with Crippen LogP contribution in [0.25, 0.3) is 11.0 Å². The van der Waals surface area contributed by atoms with Gasteiger partial charge in [0, 0.05) is 0 Å². The Hall–Kier alpha value is -1.20. The fourth-order valence-electron chi connectivity index (χ4n) is 0.691. The van der Waals surface area contributed by atoms with Crippen LogP contribution in [0.5, 0.6) is 0 Å².